The molecule has 0 unspecified atom stereocenters. The van der Waals surface area contributed by atoms with E-state index in [9.17, 15) is 9.18 Å². The van der Waals surface area contributed by atoms with E-state index in [0.29, 0.717) is 17.0 Å². The van der Waals surface area contributed by atoms with Crippen LogP contribution in [0.4, 0.5) is 15.9 Å². The Kier molecular flexibility index (Phi) is 4.61. The fourth-order valence-electron chi connectivity index (χ4n) is 2.23. The predicted molar refractivity (Wildman–Crippen MR) is 94.3 cm³/mol. The first-order chi connectivity index (χ1) is 12.0. The summed E-state index contributed by atoms with van der Waals surface area (Å²) in [4.78, 5) is 16.3. The van der Waals surface area contributed by atoms with E-state index in [0.717, 1.165) is 5.69 Å². The molecule has 0 radical (unpaired) electrons. The Labute approximate surface area is 144 Å². The second kappa shape index (κ2) is 7.00. The number of nitrogens with two attached hydrogens (primary N) is 1. The van der Waals surface area contributed by atoms with E-state index in [4.69, 9.17) is 10.5 Å². The van der Waals surface area contributed by atoms with Crippen molar-refractivity contribution in [3.8, 4) is 11.5 Å². The summed E-state index contributed by atoms with van der Waals surface area (Å²) in [5.74, 6) is -0.0237. The number of para-hydroxylation sites is 1. The van der Waals surface area contributed by atoms with Gasteiger partial charge >= 0.3 is 0 Å². The van der Waals surface area contributed by atoms with Crippen molar-refractivity contribution in [2.24, 2.45) is 0 Å². The number of benzene rings is 2. The van der Waals surface area contributed by atoms with Crippen molar-refractivity contribution in [1.82, 2.24) is 4.98 Å². The smallest absolute Gasteiger partial charge is 0.259 e. The Morgan fingerprint density at radius 1 is 1.08 bits per heavy atom. The molecule has 0 aliphatic carbocycles. The van der Waals surface area contributed by atoms with Crippen LogP contribution in [0.5, 0.6) is 11.5 Å². The summed E-state index contributed by atoms with van der Waals surface area (Å²) < 4.78 is 19.0. The highest BCUT2D eigenvalue weighted by atomic mass is 19.1. The van der Waals surface area contributed by atoms with E-state index in [1.165, 1.54) is 12.1 Å². The highest BCUT2D eigenvalue weighted by Crippen LogP contribution is 2.25. The maximum absolute atomic E-state index is 13.6. The lowest BCUT2D eigenvalue weighted by Crippen LogP contribution is -2.15. The summed E-state index contributed by atoms with van der Waals surface area (Å²) >= 11 is 0. The number of pyridine rings is 1. The number of nitrogens with one attached hydrogen (secondary N) is 1. The minimum Gasteiger partial charge on any atom is -0.454 e. The summed E-state index contributed by atoms with van der Waals surface area (Å²) in [5, 5.41) is 2.73. The van der Waals surface area contributed by atoms with Crippen LogP contribution in [-0.2, 0) is 0 Å². The van der Waals surface area contributed by atoms with Gasteiger partial charge in [-0.2, -0.15) is 0 Å². The van der Waals surface area contributed by atoms with Crippen LogP contribution in [0.25, 0.3) is 0 Å². The van der Waals surface area contributed by atoms with Crippen molar-refractivity contribution in [3.05, 3.63) is 77.7 Å². The van der Waals surface area contributed by atoms with Crippen LogP contribution in [0.15, 0.2) is 60.7 Å². The molecule has 6 heteroatoms. The van der Waals surface area contributed by atoms with Gasteiger partial charge in [0.25, 0.3) is 5.91 Å². The van der Waals surface area contributed by atoms with Gasteiger partial charge in [0.2, 0.25) is 0 Å². The molecule has 25 heavy (non-hydrogen) atoms. The van der Waals surface area contributed by atoms with Crippen molar-refractivity contribution in [2.45, 2.75) is 6.92 Å². The normalized spacial score (nSPS) is 10.3. The monoisotopic (exact) mass is 337 g/mol. The van der Waals surface area contributed by atoms with E-state index in [1.54, 1.807) is 55.5 Å². The molecule has 0 atom stereocenters. The topological polar surface area (TPSA) is 77.2 Å². The van der Waals surface area contributed by atoms with Crippen LogP contribution in [0, 0.1) is 12.7 Å². The molecule has 1 heterocycles. The molecule has 0 bridgehead atoms. The van der Waals surface area contributed by atoms with Gasteiger partial charge in [-0.25, -0.2) is 9.37 Å². The molecule has 3 rings (SSSR count). The van der Waals surface area contributed by atoms with Crippen molar-refractivity contribution in [2.75, 3.05) is 11.1 Å². The molecule has 0 saturated heterocycles. The van der Waals surface area contributed by atoms with Gasteiger partial charge in [0.15, 0.2) is 11.6 Å². The van der Waals surface area contributed by atoms with Crippen LogP contribution in [0.1, 0.15) is 16.1 Å². The first-order valence-corrected chi connectivity index (χ1v) is 7.60. The molecule has 126 valence electrons. The van der Waals surface area contributed by atoms with Gasteiger partial charge < -0.3 is 15.8 Å². The summed E-state index contributed by atoms with van der Waals surface area (Å²) in [5.41, 5.74) is 7.38. The zero-order chi connectivity index (χ0) is 17.8. The van der Waals surface area contributed by atoms with Gasteiger partial charge in [0.1, 0.15) is 11.6 Å². The number of carbonyl (C=O) groups excluding carboxylic acids is 1. The fraction of sp³-hybridized carbons (Fsp3) is 0.0526. The highest BCUT2D eigenvalue weighted by Gasteiger charge is 2.11. The number of nitrogens with zero attached hydrogens (tertiary/aromatic N) is 1. The van der Waals surface area contributed by atoms with Gasteiger partial charge in [-0.1, -0.05) is 12.1 Å². The Morgan fingerprint density at radius 2 is 1.80 bits per heavy atom. The average Bonchev–Trinajstić information content (AvgIpc) is 2.58. The van der Waals surface area contributed by atoms with Gasteiger partial charge in [-0.05, 0) is 55.5 Å². The van der Waals surface area contributed by atoms with Gasteiger partial charge in [-0.3, -0.25) is 4.79 Å². The Hall–Kier alpha value is -3.41. The third-order valence-corrected chi connectivity index (χ3v) is 3.49. The number of carbonyl (C=O) groups is 1. The lowest BCUT2D eigenvalue weighted by atomic mass is 10.2. The third-order valence-electron chi connectivity index (χ3n) is 3.49. The lowest BCUT2D eigenvalue weighted by Gasteiger charge is -2.09. The second-order valence-electron chi connectivity index (χ2n) is 5.40. The molecule has 0 spiro atoms. The third kappa shape index (κ3) is 3.92. The molecule has 3 aromatic rings. The maximum atomic E-state index is 13.6. The molecule has 1 amide bonds. The van der Waals surface area contributed by atoms with Gasteiger partial charge in [0.05, 0.1) is 5.56 Å². The van der Waals surface area contributed by atoms with Crippen LogP contribution in [0.2, 0.25) is 0 Å². The first-order valence-electron chi connectivity index (χ1n) is 7.60. The Balaban J connectivity index is 1.70. The molecule has 3 N–H and O–H groups in total. The van der Waals surface area contributed by atoms with E-state index < -0.39 is 5.82 Å². The minimum absolute atomic E-state index is 0.137. The number of hydrogen-bond donors (Lipinski definition) is 2. The van der Waals surface area contributed by atoms with Crippen LogP contribution >= 0.6 is 0 Å². The molecular weight excluding hydrogens is 321 g/mol. The van der Waals surface area contributed by atoms with Crippen molar-refractivity contribution in [1.29, 1.82) is 0 Å². The number of hydrogen-bond acceptors (Lipinski definition) is 4. The number of aromatic nitrogens is 1. The standard InChI is InChI=1S/C19H16FN3O2/c1-12-6-11-15(18(21)22-12)19(24)23-13-7-9-14(10-8-13)25-17-5-3-2-4-16(17)20/h2-11H,1H3,(H2,21,22)(H,23,24). The van der Waals surface area contributed by atoms with Crippen molar-refractivity contribution >= 4 is 17.4 Å². The zero-order valence-corrected chi connectivity index (χ0v) is 13.5. The number of aryl methyl sites for hydroxylation is 1. The van der Waals surface area contributed by atoms with Crippen LogP contribution in [-0.4, -0.2) is 10.9 Å². The Morgan fingerprint density at radius 3 is 2.48 bits per heavy atom. The molecule has 0 saturated carbocycles. The predicted octanol–water partition coefficient (Wildman–Crippen LogP) is 4.16. The number of ether oxygens (including phenoxy) is 1. The number of halogens is 1. The summed E-state index contributed by atoms with van der Waals surface area (Å²) in [6, 6.07) is 16.1. The van der Waals surface area contributed by atoms with Gasteiger partial charge in [0, 0.05) is 11.4 Å². The van der Waals surface area contributed by atoms with E-state index in [-0.39, 0.29) is 17.5 Å². The number of rotatable bonds is 4. The molecule has 0 aliphatic heterocycles. The lowest BCUT2D eigenvalue weighted by molar-refractivity contribution is 0.102. The maximum Gasteiger partial charge on any atom is 0.259 e. The Bertz CT molecular complexity index is 911. The molecule has 0 aliphatic rings. The summed E-state index contributed by atoms with van der Waals surface area (Å²) in [6.07, 6.45) is 0. The van der Waals surface area contributed by atoms with E-state index >= 15 is 0 Å². The van der Waals surface area contributed by atoms with E-state index in [2.05, 4.69) is 10.3 Å². The van der Waals surface area contributed by atoms with Crippen molar-refractivity contribution in [3.63, 3.8) is 0 Å². The van der Waals surface area contributed by atoms with E-state index in [1.807, 2.05) is 0 Å². The van der Waals surface area contributed by atoms with Crippen molar-refractivity contribution < 1.29 is 13.9 Å². The van der Waals surface area contributed by atoms with Crippen LogP contribution < -0.4 is 15.8 Å². The molecule has 5 nitrogen and oxygen atoms in total. The highest BCUT2D eigenvalue weighted by molar-refractivity contribution is 6.07. The first kappa shape index (κ1) is 16.4. The molecule has 2 aromatic carbocycles. The molecule has 0 fully saturated rings. The number of nitrogen functional groups attached to an aromatic ring is 1. The summed E-state index contributed by atoms with van der Waals surface area (Å²) in [6.45, 7) is 1.80. The summed E-state index contributed by atoms with van der Waals surface area (Å²) in [7, 11) is 0. The zero-order valence-electron chi connectivity index (χ0n) is 13.5. The molecule has 1 aromatic heterocycles. The molecular formula is C19H16FN3O2. The number of anilines is 2. The largest absolute Gasteiger partial charge is 0.454 e. The minimum atomic E-state index is -0.442. The van der Waals surface area contributed by atoms with Gasteiger partial charge in [-0.15, -0.1) is 0 Å². The fourth-order valence-corrected chi connectivity index (χ4v) is 2.23. The SMILES string of the molecule is Cc1ccc(C(=O)Nc2ccc(Oc3ccccc3F)cc2)c(N)n1. The van der Waals surface area contributed by atoms with Crippen LogP contribution in [0.3, 0.4) is 0 Å². The second-order valence-corrected chi connectivity index (χ2v) is 5.40. The quantitative estimate of drug-likeness (QED) is 0.749. The average molecular weight is 337 g/mol. The number of amides is 1.